The highest BCUT2D eigenvalue weighted by atomic mass is 127. The highest BCUT2D eigenvalue weighted by Gasteiger charge is 2.48. The minimum absolute atomic E-state index is 0.0164. The van der Waals surface area contributed by atoms with Crippen LogP contribution in [-0.4, -0.2) is 23.4 Å². The first-order valence-electron chi connectivity index (χ1n) is 4.87. The van der Waals surface area contributed by atoms with Gasteiger partial charge in [0.05, 0.1) is 9.14 Å². The SMILES string of the molecule is O=C(O)C1=Cc2cc(Cl)cc(I)c2O[C@@H]1C(F)(F)F. The van der Waals surface area contributed by atoms with Crippen LogP contribution in [0.15, 0.2) is 17.7 Å². The molecule has 102 valence electrons. The molecule has 1 atom stereocenters. The van der Waals surface area contributed by atoms with E-state index in [2.05, 4.69) is 0 Å². The van der Waals surface area contributed by atoms with Gasteiger partial charge in [0.1, 0.15) is 5.75 Å². The maximum atomic E-state index is 12.8. The standard InChI is InChI=1S/C11H5ClF3IO3/c12-5-1-4-2-6(10(17)18)9(11(13,14)15)19-8(4)7(16)3-5/h1-3,9H,(H,17,18)/t9-/m0/s1. The van der Waals surface area contributed by atoms with Crippen LogP contribution in [-0.2, 0) is 4.79 Å². The number of hydrogen-bond donors (Lipinski definition) is 1. The van der Waals surface area contributed by atoms with Gasteiger partial charge in [0.25, 0.3) is 0 Å². The van der Waals surface area contributed by atoms with Crippen LogP contribution in [0.4, 0.5) is 13.2 Å². The number of alkyl halides is 3. The summed E-state index contributed by atoms with van der Waals surface area (Å²) >= 11 is 7.55. The van der Waals surface area contributed by atoms with Crippen molar-refractivity contribution in [2.45, 2.75) is 12.3 Å². The van der Waals surface area contributed by atoms with Gasteiger partial charge in [0.2, 0.25) is 6.10 Å². The molecule has 2 rings (SSSR count). The Hall–Kier alpha value is -0.960. The van der Waals surface area contributed by atoms with E-state index in [0.717, 1.165) is 6.08 Å². The number of hydrogen-bond acceptors (Lipinski definition) is 2. The Kier molecular flexibility index (Phi) is 3.69. The number of carboxylic acids is 1. The zero-order chi connectivity index (χ0) is 14.4. The fourth-order valence-corrected chi connectivity index (χ4v) is 2.84. The molecule has 1 aliphatic rings. The van der Waals surface area contributed by atoms with Crippen molar-refractivity contribution in [2.24, 2.45) is 0 Å². The van der Waals surface area contributed by atoms with Gasteiger partial charge in [-0.25, -0.2) is 4.79 Å². The molecular weight excluding hydrogens is 399 g/mol. The van der Waals surface area contributed by atoms with Gasteiger partial charge >= 0.3 is 12.1 Å². The van der Waals surface area contributed by atoms with Crippen LogP contribution in [0, 0.1) is 3.57 Å². The van der Waals surface area contributed by atoms with Crippen molar-refractivity contribution in [1.82, 2.24) is 0 Å². The fourth-order valence-electron chi connectivity index (χ4n) is 1.65. The zero-order valence-corrected chi connectivity index (χ0v) is 11.9. The van der Waals surface area contributed by atoms with Gasteiger partial charge in [-0.15, -0.1) is 0 Å². The van der Waals surface area contributed by atoms with Crippen molar-refractivity contribution >= 4 is 46.2 Å². The third-order valence-corrected chi connectivity index (χ3v) is 3.43. The van der Waals surface area contributed by atoms with E-state index in [0.29, 0.717) is 3.57 Å². The summed E-state index contributed by atoms with van der Waals surface area (Å²) in [6.07, 6.45) is -6.34. The van der Waals surface area contributed by atoms with E-state index in [1.807, 2.05) is 0 Å². The number of halogens is 5. The molecular formula is C11H5ClF3IO3. The predicted molar refractivity (Wildman–Crippen MR) is 70.3 cm³/mol. The number of fused-ring (bicyclic) bond motifs is 1. The summed E-state index contributed by atoms with van der Waals surface area (Å²) in [5.41, 5.74) is -0.645. The molecule has 0 aromatic heterocycles. The molecule has 0 radical (unpaired) electrons. The molecule has 1 aromatic carbocycles. The monoisotopic (exact) mass is 404 g/mol. The van der Waals surface area contributed by atoms with Gasteiger partial charge < -0.3 is 9.84 Å². The Morgan fingerprint density at radius 1 is 1.42 bits per heavy atom. The molecule has 1 aromatic rings. The maximum Gasteiger partial charge on any atom is 0.430 e. The first kappa shape index (κ1) is 14.4. The lowest BCUT2D eigenvalue weighted by Gasteiger charge is -2.27. The van der Waals surface area contributed by atoms with Crippen LogP contribution in [0.3, 0.4) is 0 Å². The summed E-state index contributed by atoms with van der Waals surface area (Å²) in [6.45, 7) is 0. The molecule has 0 spiro atoms. The summed E-state index contributed by atoms with van der Waals surface area (Å²) < 4.78 is 43.6. The first-order valence-corrected chi connectivity index (χ1v) is 6.33. The van der Waals surface area contributed by atoms with Crippen molar-refractivity contribution < 1.29 is 27.8 Å². The number of rotatable bonds is 1. The van der Waals surface area contributed by atoms with Gasteiger partial charge in [-0.05, 0) is 40.8 Å². The van der Waals surface area contributed by atoms with Crippen molar-refractivity contribution in [1.29, 1.82) is 0 Å². The normalized spacial score (nSPS) is 18.4. The topological polar surface area (TPSA) is 46.5 Å². The molecule has 1 N–H and O–H groups in total. The summed E-state index contributed by atoms with van der Waals surface area (Å²) in [5.74, 6) is -1.69. The van der Waals surface area contributed by atoms with Crippen LogP contribution < -0.4 is 4.74 Å². The first-order chi connectivity index (χ1) is 8.70. The number of ether oxygens (including phenoxy) is 1. The molecule has 3 nitrogen and oxygen atoms in total. The van der Waals surface area contributed by atoms with Crippen LogP contribution >= 0.6 is 34.2 Å². The van der Waals surface area contributed by atoms with Crippen molar-refractivity contribution in [2.75, 3.05) is 0 Å². The van der Waals surface area contributed by atoms with E-state index in [1.165, 1.54) is 12.1 Å². The maximum absolute atomic E-state index is 12.8. The summed E-state index contributed by atoms with van der Waals surface area (Å²) in [5, 5.41) is 9.14. The average Bonchev–Trinajstić information content (AvgIpc) is 2.25. The Bertz CT molecular complexity index is 583. The molecule has 0 unspecified atom stereocenters. The summed E-state index contributed by atoms with van der Waals surface area (Å²) in [4.78, 5) is 10.9. The van der Waals surface area contributed by atoms with Crippen LogP contribution in [0.1, 0.15) is 5.56 Å². The van der Waals surface area contributed by atoms with E-state index < -0.39 is 23.8 Å². The minimum Gasteiger partial charge on any atom is -0.478 e. The van der Waals surface area contributed by atoms with Gasteiger partial charge in [0, 0.05) is 10.6 Å². The molecule has 0 fully saturated rings. The highest BCUT2D eigenvalue weighted by Crippen LogP contribution is 2.40. The predicted octanol–water partition coefficient (Wildman–Crippen LogP) is 3.74. The number of aliphatic carboxylic acids is 1. The minimum atomic E-state index is -4.80. The van der Waals surface area contributed by atoms with E-state index in [9.17, 15) is 18.0 Å². The Morgan fingerprint density at radius 2 is 2.05 bits per heavy atom. The molecule has 1 aliphatic heterocycles. The van der Waals surface area contributed by atoms with Gasteiger partial charge in [-0.1, -0.05) is 11.6 Å². The molecule has 0 amide bonds. The van der Waals surface area contributed by atoms with Crippen molar-refractivity contribution in [3.8, 4) is 5.75 Å². The van der Waals surface area contributed by atoms with E-state index in [-0.39, 0.29) is 16.3 Å². The van der Waals surface area contributed by atoms with Crippen molar-refractivity contribution in [3.05, 3.63) is 31.9 Å². The number of carboxylic acid groups (broad SMARTS) is 1. The molecule has 19 heavy (non-hydrogen) atoms. The lowest BCUT2D eigenvalue weighted by Crippen LogP contribution is -2.40. The lowest BCUT2D eigenvalue weighted by molar-refractivity contribution is -0.187. The summed E-state index contributed by atoms with van der Waals surface area (Å²) in [7, 11) is 0. The molecule has 8 heteroatoms. The summed E-state index contributed by atoms with van der Waals surface area (Å²) in [6, 6.07) is 2.79. The number of carbonyl (C=O) groups is 1. The quantitative estimate of drug-likeness (QED) is 0.726. The van der Waals surface area contributed by atoms with E-state index >= 15 is 0 Å². The molecule has 0 saturated heterocycles. The Labute approximate surface area is 124 Å². The molecule has 0 aliphatic carbocycles. The van der Waals surface area contributed by atoms with Crippen LogP contribution in [0.5, 0.6) is 5.75 Å². The number of benzene rings is 1. The third kappa shape index (κ3) is 2.81. The second-order valence-electron chi connectivity index (χ2n) is 3.75. The van der Waals surface area contributed by atoms with E-state index in [4.69, 9.17) is 21.4 Å². The highest BCUT2D eigenvalue weighted by molar-refractivity contribution is 14.1. The van der Waals surface area contributed by atoms with Crippen LogP contribution in [0.25, 0.3) is 6.08 Å². The van der Waals surface area contributed by atoms with Gasteiger partial charge in [-0.3, -0.25) is 0 Å². The average molecular weight is 405 g/mol. The second-order valence-corrected chi connectivity index (χ2v) is 5.35. The van der Waals surface area contributed by atoms with Gasteiger partial charge in [-0.2, -0.15) is 13.2 Å². The Balaban J connectivity index is 2.61. The smallest absolute Gasteiger partial charge is 0.430 e. The molecule has 0 saturated carbocycles. The van der Waals surface area contributed by atoms with Crippen molar-refractivity contribution in [3.63, 3.8) is 0 Å². The lowest BCUT2D eigenvalue weighted by atomic mass is 10.0. The zero-order valence-electron chi connectivity index (χ0n) is 8.96. The van der Waals surface area contributed by atoms with Crippen LogP contribution in [0.2, 0.25) is 5.02 Å². The van der Waals surface area contributed by atoms with E-state index in [1.54, 1.807) is 22.6 Å². The fraction of sp³-hybridized carbons (Fsp3) is 0.182. The Morgan fingerprint density at radius 3 is 2.58 bits per heavy atom. The third-order valence-electron chi connectivity index (χ3n) is 2.41. The molecule has 1 heterocycles. The molecule has 0 bridgehead atoms. The second kappa shape index (κ2) is 4.86. The van der Waals surface area contributed by atoms with Gasteiger partial charge in [0.15, 0.2) is 0 Å². The largest absolute Gasteiger partial charge is 0.478 e.